The Morgan fingerprint density at radius 2 is 1.67 bits per heavy atom. The highest BCUT2D eigenvalue weighted by Crippen LogP contribution is 2.53. The van der Waals surface area contributed by atoms with Gasteiger partial charge in [-0.3, -0.25) is 0 Å². The van der Waals surface area contributed by atoms with Crippen LogP contribution in [0.5, 0.6) is 0 Å². The predicted molar refractivity (Wildman–Crippen MR) is 72.7 cm³/mol. The number of halogens is 1. The summed E-state index contributed by atoms with van der Waals surface area (Å²) >= 11 is 0. The molecule has 1 fully saturated rings. The summed E-state index contributed by atoms with van der Waals surface area (Å²) in [5.41, 5.74) is 3.56. The van der Waals surface area contributed by atoms with Crippen molar-refractivity contribution in [3.63, 3.8) is 0 Å². The highest BCUT2D eigenvalue weighted by atomic mass is 19.1. The van der Waals surface area contributed by atoms with E-state index in [0.717, 1.165) is 17.6 Å². The van der Waals surface area contributed by atoms with E-state index in [9.17, 15) is 4.39 Å². The maximum absolute atomic E-state index is 12.9. The van der Waals surface area contributed by atoms with Crippen LogP contribution in [0.1, 0.15) is 23.5 Å². The second-order valence-electron chi connectivity index (χ2n) is 4.89. The van der Waals surface area contributed by atoms with E-state index in [1.807, 2.05) is 18.2 Å². The van der Waals surface area contributed by atoms with Gasteiger partial charge in [0.25, 0.3) is 0 Å². The molecule has 0 aliphatic heterocycles. The number of benzene rings is 2. The van der Waals surface area contributed by atoms with Gasteiger partial charge in [-0.25, -0.2) is 4.39 Å². The van der Waals surface area contributed by atoms with E-state index in [-0.39, 0.29) is 5.82 Å². The van der Waals surface area contributed by atoms with Crippen LogP contribution in [0.15, 0.2) is 61.2 Å². The van der Waals surface area contributed by atoms with E-state index in [0.29, 0.717) is 11.8 Å². The highest BCUT2D eigenvalue weighted by Gasteiger charge is 2.40. The topological polar surface area (TPSA) is 0 Å². The van der Waals surface area contributed by atoms with Crippen molar-refractivity contribution in [3.8, 4) is 0 Å². The Morgan fingerprint density at radius 3 is 2.33 bits per heavy atom. The van der Waals surface area contributed by atoms with E-state index in [2.05, 4.69) is 30.8 Å². The van der Waals surface area contributed by atoms with Crippen LogP contribution in [0.4, 0.5) is 4.39 Å². The van der Waals surface area contributed by atoms with Crippen molar-refractivity contribution in [2.24, 2.45) is 5.92 Å². The minimum absolute atomic E-state index is 0.193. The molecule has 0 N–H and O–H groups in total. The number of hydrogen-bond acceptors (Lipinski definition) is 0. The van der Waals surface area contributed by atoms with Crippen LogP contribution < -0.4 is 0 Å². The van der Waals surface area contributed by atoms with Crippen molar-refractivity contribution in [3.05, 3.63) is 78.1 Å². The first kappa shape index (κ1) is 11.2. The van der Waals surface area contributed by atoms with Gasteiger partial charge in [0.2, 0.25) is 0 Å². The van der Waals surface area contributed by atoms with E-state index >= 15 is 0 Å². The monoisotopic (exact) mass is 238 g/mol. The van der Waals surface area contributed by atoms with Crippen molar-refractivity contribution in [1.29, 1.82) is 0 Å². The SMILES string of the molecule is C=C(c1ccc(F)cc1)[C@H]1C[C@@H]1c1ccccc1. The molecule has 0 radical (unpaired) electrons. The average Bonchev–Trinajstić information content (AvgIpc) is 3.20. The van der Waals surface area contributed by atoms with Gasteiger partial charge in [0, 0.05) is 0 Å². The van der Waals surface area contributed by atoms with Gasteiger partial charge in [0.15, 0.2) is 0 Å². The summed E-state index contributed by atoms with van der Waals surface area (Å²) in [7, 11) is 0. The minimum atomic E-state index is -0.193. The lowest BCUT2D eigenvalue weighted by atomic mass is 10.00. The molecule has 0 nitrogen and oxygen atoms in total. The number of allylic oxidation sites excluding steroid dienone is 1. The third-order valence-corrected chi connectivity index (χ3v) is 3.68. The Labute approximate surface area is 107 Å². The third kappa shape index (κ3) is 2.08. The Kier molecular flexibility index (Phi) is 2.75. The first-order chi connectivity index (χ1) is 8.75. The first-order valence-corrected chi connectivity index (χ1v) is 6.25. The zero-order chi connectivity index (χ0) is 12.5. The lowest BCUT2D eigenvalue weighted by Crippen LogP contribution is -1.88. The molecule has 1 aliphatic rings. The Bertz CT molecular complexity index is 554. The lowest BCUT2D eigenvalue weighted by molar-refractivity contribution is 0.627. The van der Waals surface area contributed by atoms with E-state index in [1.54, 1.807) is 0 Å². The van der Waals surface area contributed by atoms with Crippen molar-refractivity contribution in [2.45, 2.75) is 12.3 Å². The molecule has 18 heavy (non-hydrogen) atoms. The van der Waals surface area contributed by atoms with Crippen LogP contribution in [0, 0.1) is 11.7 Å². The van der Waals surface area contributed by atoms with E-state index < -0.39 is 0 Å². The van der Waals surface area contributed by atoms with Gasteiger partial charge in [-0.2, -0.15) is 0 Å². The third-order valence-electron chi connectivity index (χ3n) is 3.68. The second kappa shape index (κ2) is 4.41. The van der Waals surface area contributed by atoms with Crippen LogP contribution in [0.25, 0.3) is 5.57 Å². The molecule has 0 spiro atoms. The molecule has 0 saturated heterocycles. The molecule has 1 aliphatic carbocycles. The molecule has 1 heteroatoms. The van der Waals surface area contributed by atoms with Crippen molar-refractivity contribution in [2.75, 3.05) is 0 Å². The molecule has 0 aromatic heterocycles. The Hall–Kier alpha value is -1.89. The van der Waals surface area contributed by atoms with Crippen molar-refractivity contribution < 1.29 is 4.39 Å². The predicted octanol–water partition coefficient (Wildman–Crippen LogP) is 4.64. The van der Waals surface area contributed by atoms with Crippen molar-refractivity contribution >= 4 is 5.57 Å². The fraction of sp³-hybridized carbons (Fsp3) is 0.176. The fourth-order valence-corrected chi connectivity index (χ4v) is 2.53. The van der Waals surface area contributed by atoms with Crippen LogP contribution in [-0.2, 0) is 0 Å². The highest BCUT2D eigenvalue weighted by molar-refractivity contribution is 5.69. The van der Waals surface area contributed by atoms with Gasteiger partial charge in [-0.15, -0.1) is 0 Å². The summed E-state index contributed by atoms with van der Waals surface area (Å²) in [6.45, 7) is 4.17. The minimum Gasteiger partial charge on any atom is -0.207 e. The van der Waals surface area contributed by atoms with E-state index in [1.165, 1.54) is 17.7 Å². The molecule has 3 rings (SSSR count). The zero-order valence-corrected chi connectivity index (χ0v) is 10.1. The largest absolute Gasteiger partial charge is 0.207 e. The van der Waals surface area contributed by atoms with Crippen LogP contribution >= 0.6 is 0 Å². The van der Waals surface area contributed by atoms with Crippen molar-refractivity contribution in [1.82, 2.24) is 0 Å². The lowest BCUT2D eigenvalue weighted by Gasteiger charge is -2.05. The fourth-order valence-electron chi connectivity index (χ4n) is 2.53. The average molecular weight is 238 g/mol. The van der Waals surface area contributed by atoms with Crippen LogP contribution in [-0.4, -0.2) is 0 Å². The molecule has 90 valence electrons. The quantitative estimate of drug-likeness (QED) is 0.730. The van der Waals surface area contributed by atoms with Gasteiger partial charge >= 0.3 is 0 Å². The second-order valence-corrected chi connectivity index (χ2v) is 4.89. The molecular weight excluding hydrogens is 223 g/mol. The van der Waals surface area contributed by atoms with Gasteiger partial charge in [-0.1, -0.05) is 49.0 Å². The maximum atomic E-state index is 12.9. The molecule has 0 amide bonds. The molecule has 2 aromatic rings. The summed E-state index contributed by atoms with van der Waals surface area (Å²) in [5, 5.41) is 0. The van der Waals surface area contributed by atoms with Gasteiger partial charge in [-0.05, 0) is 47.1 Å². The van der Waals surface area contributed by atoms with Gasteiger partial charge in [0.05, 0.1) is 0 Å². The summed E-state index contributed by atoms with van der Waals surface area (Å²) in [5.74, 6) is 0.906. The summed E-state index contributed by atoms with van der Waals surface area (Å²) in [6.07, 6.45) is 1.15. The summed E-state index contributed by atoms with van der Waals surface area (Å²) in [4.78, 5) is 0. The molecule has 1 saturated carbocycles. The van der Waals surface area contributed by atoms with Gasteiger partial charge in [0.1, 0.15) is 5.82 Å². The van der Waals surface area contributed by atoms with Crippen LogP contribution in [0.3, 0.4) is 0 Å². The van der Waals surface area contributed by atoms with E-state index in [4.69, 9.17) is 0 Å². The number of rotatable bonds is 3. The molecule has 2 aromatic carbocycles. The maximum Gasteiger partial charge on any atom is 0.123 e. The zero-order valence-electron chi connectivity index (χ0n) is 10.1. The molecule has 0 unspecified atom stereocenters. The first-order valence-electron chi connectivity index (χ1n) is 6.25. The number of hydrogen-bond donors (Lipinski definition) is 0. The molecule has 0 heterocycles. The van der Waals surface area contributed by atoms with Crippen LogP contribution in [0.2, 0.25) is 0 Å². The molecular formula is C17H15F. The Balaban J connectivity index is 1.75. The molecule has 2 atom stereocenters. The smallest absolute Gasteiger partial charge is 0.123 e. The Morgan fingerprint density at radius 1 is 1.00 bits per heavy atom. The standard InChI is InChI=1S/C17H15F/c1-12(13-7-9-15(18)10-8-13)16-11-17(16)14-5-3-2-4-6-14/h2-10,16-17H,1,11H2/t16-,17-/m1/s1. The normalized spacial score (nSPS) is 21.6. The van der Waals surface area contributed by atoms with Gasteiger partial charge < -0.3 is 0 Å². The molecule has 0 bridgehead atoms. The summed E-state index contributed by atoms with van der Waals surface area (Å²) in [6, 6.07) is 17.2. The summed E-state index contributed by atoms with van der Waals surface area (Å²) < 4.78 is 12.9.